The lowest BCUT2D eigenvalue weighted by atomic mass is 9.47. The fourth-order valence-electron chi connectivity index (χ4n) is 15.8. The van der Waals surface area contributed by atoms with Crippen molar-refractivity contribution in [1.29, 1.82) is 0 Å². The van der Waals surface area contributed by atoms with Crippen molar-refractivity contribution in [1.82, 2.24) is 0 Å². The summed E-state index contributed by atoms with van der Waals surface area (Å²) in [5.74, 6) is -18.7. The first kappa shape index (κ1) is 63.0. The highest BCUT2D eigenvalue weighted by atomic mass is 16.6. The maximum absolute atomic E-state index is 14.3. The van der Waals surface area contributed by atoms with Crippen molar-refractivity contribution in [3.63, 3.8) is 0 Å². The highest BCUT2D eigenvalue weighted by Crippen LogP contribution is 2.71. The van der Waals surface area contributed by atoms with Gasteiger partial charge in [0.05, 0.1) is 152 Å². The van der Waals surface area contributed by atoms with Crippen molar-refractivity contribution in [2.45, 2.75) is 35.5 Å². The molecule has 0 unspecified atom stereocenters. The lowest BCUT2D eigenvalue weighted by Crippen LogP contribution is -2.41. The number of carbonyl (C=O) groups excluding carboxylic acids is 12. The van der Waals surface area contributed by atoms with E-state index in [1.165, 1.54) is 72.8 Å². The van der Waals surface area contributed by atoms with Crippen molar-refractivity contribution in [2.75, 3.05) is 85.3 Å². The van der Waals surface area contributed by atoms with Gasteiger partial charge < -0.3 is 56.8 Å². The molecule has 7 aromatic carbocycles. The van der Waals surface area contributed by atoms with Crippen LogP contribution in [0.3, 0.4) is 0 Å². The van der Waals surface area contributed by atoms with Gasteiger partial charge in [0.2, 0.25) is 0 Å². The molecule has 486 valence electrons. The van der Waals surface area contributed by atoms with Gasteiger partial charge in [-0.3, -0.25) is 0 Å². The van der Waals surface area contributed by atoms with Crippen LogP contribution in [0.1, 0.15) is 260 Å². The van der Waals surface area contributed by atoms with E-state index in [0.29, 0.717) is 100 Å². The van der Waals surface area contributed by atoms with E-state index in [2.05, 4.69) is 0 Å². The molecule has 9 aliphatic carbocycles. The zero-order valence-electron chi connectivity index (χ0n) is 53.2. The summed E-state index contributed by atoms with van der Waals surface area (Å²) in [6.07, 6.45) is 0. The maximum atomic E-state index is 14.3. The molecule has 0 heterocycles. The average molecular weight is 1300 g/mol. The summed E-state index contributed by atoms with van der Waals surface area (Å²) in [5.41, 5.74) is 4.12. The van der Waals surface area contributed by atoms with Crippen LogP contribution in [-0.2, 0) is 56.8 Å². The van der Waals surface area contributed by atoms with E-state index < -0.39 is 107 Å². The summed E-state index contributed by atoms with van der Waals surface area (Å²) in [6, 6.07) is 17.8. The zero-order valence-corrected chi connectivity index (χ0v) is 53.2. The van der Waals surface area contributed by atoms with Crippen LogP contribution in [0, 0.1) is 0 Å². The molecule has 0 fully saturated rings. The van der Waals surface area contributed by atoms with Gasteiger partial charge >= 0.3 is 71.6 Å². The quantitative estimate of drug-likeness (QED) is 0.0823. The Morgan fingerprint density at radius 1 is 0.167 bits per heavy atom. The van der Waals surface area contributed by atoms with Gasteiger partial charge in [0.1, 0.15) is 0 Å². The molecule has 24 nitrogen and oxygen atoms in total. The van der Waals surface area contributed by atoms with Gasteiger partial charge in [-0.25, -0.2) is 57.5 Å². The Bertz CT molecular complexity index is 3810. The highest BCUT2D eigenvalue weighted by Gasteiger charge is 2.58. The lowest BCUT2D eigenvalue weighted by molar-refractivity contribution is 0.0554. The van der Waals surface area contributed by atoms with E-state index in [-0.39, 0.29) is 66.8 Å². The lowest BCUT2D eigenvalue weighted by Gasteiger charge is -2.55. The molecule has 96 heavy (non-hydrogen) atoms. The van der Waals surface area contributed by atoms with Crippen molar-refractivity contribution < 1.29 is 114 Å². The van der Waals surface area contributed by atoms with Crippen LogP contribution >= 0.6 is 0 Å². The molecule has 0 spiro atoms. The molecule has 0 radical (unpaired) electrons. The normalized spacial score (nSPS) is 17.2. The summed E-state index contributed by atoms with van der Waals surface area (Å²) >= 11 is 0. The van der Waals surface area contributed by atoms with Gasteiger partial charge in [-0.1, -0.05) is 0 Å². The predicted octanol–water partition coefficient (Wildman–Crippen LogP) is 8.09. The van der Waals surface area contributed by atoms with Crippen LogP contribution in [0.25, 0.3) is 0 Å². The number of hydrogen-bond acceptors (Lipinski definition) is 24. The molecule has 0 atom stereocenters. The fourth-order valence-corrected chi connectivity index (χ4v) is 15.8. The third-order valence-corrected chi connectivity index (χ3v) is 19.4. The minimum Gasteiger partial charge on any atom is -0.465 e. The summed E-state index contributed by atoms with van der Waals surface area (Å²) < 4.78 is 64.1. The Labute approximate surface area is 544 Å². The molecule has 0 amide bonds. The topological polar surface area (TPSA) is 316 Å². The van der Waals surface area contributed by atoms with Crippen molar-refractivity contribution in [2.24, 2.45) is 0 Å². The van der Waals surface area contributed by atoms with Crippen LogP contribution in [0.5, 0.6) is 0 Å². The maximum Gasteiger partial charge on any atom is 0.338 e. The van der Waals surface area contributed by atoms with E-state index >= 15 is 0 Å². The van der Waals surface area contributed by atoms with E-state index in [9.17, 15) is 57.5 Å². The monoisotopic (exact) mass is 1300 g/mol. The van der Waals surface area contributed by atoms with Crippen molar-refractivity contribution in [3.05, 3.63) is 240 Å². The molecule has 24 heteroatoms. The number of ether oxygens (including phenoxy) is 12. The van der Waals surface area contributed by atoms with Gasteiger partial charge in [0.25, 0.3) is 0 Å². The van der Waals surface area contributed by atoms with E-state index in [4.69, 9.17) is 56.8 Å². The molecular formula is C72H54O24. The second-order valence-electron chi connectivity index (χ2n) is 23.1. The second-order valence-corrected chi connectivity index (χ2v) is 23.1. The number of carbonyl (C=O) groups is 12. The van der Waals surface area contributed by atoms with Crippen molar-refractivity contribution in [3.8, 4) is 0 Å². The van der Waals surface area contributed by atoms with E-state index in [1.807, 2.05) is 0 Å². The number of methoxy groups -OCH3 is 12. The molecule has 0 saturated heterocycles. The average Bonchev–Trinajstić information content (AvgIpc) is 0.645. The van der Waals surface area contributed by atoms with Crippen molar-refractivity contribution >= 4 is 71.6 Å². The molecule has 0 aliphatic heterocycles. The first-order chi connectivity index (χ1) is 46.1. The van der Waals surface area contributed by atoms with Gasteiger partial charge in [0.15, 0.2) is 0 Å². The largest absolute Gasteiger partial charge is 0.465 e. The Hall–Kier alpha value is -11.8. The Kier molecular flexibility index (Phi) is 15.1. The number of rotatable bonds is 12. The van der Waals surface area contributed by atoms with E-state index in [1.54, 1.807) is 0 Å². The van der Waals surface area contributed by atoms with Gasteiger partial charge in [-0.15, -0.1) is 0 Å². The standard InChI is InChI=1S/C72H54O24/c1-85-61(73)37-13-25-26(14-38(37)62(74)86-2)50-28-16-40(64(76)88-4)39(63(75)87-3)15-27(28)49(25)55-56(50)58-52-33-21-45(69(81)93-9)47(71(83)95-11)23-35(33)54(36-24-48(72(84)96-12)46(22-34(36)52)70(82)94-10)60(58)59-53-31-19-43(67(79)91-7)41(65(77)89-5)17-29(31)51(57(55)59)30-18-42(66(78)90-6)44(20-32(30)53)68(80)92-8/h13-24,49-54H,1-12H3. The van der Waals surface area contributed by atoms with E-state index in [0.717, 1.165) is 85.3 Å². The molecule has 0 saturated carbocycles. The highest BCUT2D eigenvalue weighted by molar-refractivity contribution is 6.10. The molecule has 0 N–H and O–H groups in total. The number of esters is 12. The Balaban J connectivity index is 1.32. The van der Waals surface area contributed by atoms with Crippen LogP contribution in [-0.4, -0.2) is 157 Å². The summed E-state index contributed by atoms with van der Waals surface area (Å²) in [5, 5.41) is 0. The van der Waals surface area contributed by atoms with Crippen LogP contribution in [0.15, 0.2) is 72.8 Å². The SMILES string of the molecule is COC(=O)c1cc2c(cc1C(=O)OC)C1c3cc(C(=O)OC)c(C(=O)OC)cc3C2c2c3c(c4c(c21)C1c2cc(C(=O)OC)c(C(=O)OC)cc2C4c2cc(C(=O)OC)c(C(=O)OC)cc21)C1c2cc(C(=O)OC)c(C(=O)OC)cc2C3c2cc(C(=O)OC)c(C(=O)OC)cc21. The smallest absolute Gasteiger partial charge is 0.338 e. The summed E-state index contributed by atoms with van der Waals surface area (Å²) in [6.45, 7) is 0. The van der Waals surface area contributed by atoms with Crippen LogP contribution in [0.2, 0.25) is 0 Å². The predicted molar refractivity (Wildman–Crippen MR) is 327 cm³/mol. The third kappa shape index (κ3) is 8.52. The molecule has 0 aromatic heterocycles. The van der Waals surface area contributed by atoms with Gasteiger partial charge in [-0.05, 0) is 173 Å². The van der Waals surface area contributed by atoms with Crippen LogP contribution in [0.4, 0.5) is 0 Å². The van der Waals surface area contributed by atoms with Crippen LogP contribution < -0.4 is 0 Å². The Morgan fingerprint density at radius 3 is 0.302 bits per heavy atom. The first-order valence-corrected chi connectivity index (χ1v) is 29.4. The molecule has 16 rings (SSSR count). The first-order valence-electron chi connectivity index (χ1n) is 29.4. The number of benzene rings is 7. The summed E-state index contributed by atoms with van der Waals surface area (Å²) in [7, 11) is 13.5. The third-order valence-electron chi connectivity index (χ3n) is 19.4. The zero-order chi connectivity index (χ0) is 68.7. The minimum absolute atomic E-state index is 0.242. The molecule has 9 aliphatic rings. The molecule has 7 aromatic rings. The summed E-state index contributed by atoms with van der Waals surface area (Å²) in [4.78, 5) is 171. The second kappa shape index (κ2) is 23.0. The fraction of sp³-hybridized carbons (Fsp3) is 0.250. The molecular weight excluding hydrogens is 1250 g/mol. The van der Waals surface area contributed by atoms with Gasteiger partial charge in [-0.2, -0.15) is 0 Å². The Morgan fingerprint density at radius 2 is 0.240 bits per heavy atom. The molecule has 6 bridgehead atoms. The number of hydrogen-bond donors (Lipinski definition) is 0. The van der Waals surface area contributed by atoms with Gasteiger partial charge in [0, 0.05) is 35.5 Å². The minimum atomic E-state index is -1.21.